The maximum atomic E-state index is 13.2. The summed E-state index contributed by atoms with van der Waals surface area (Å²) < 4.78 is 12.1. The Labute approximate surface area is 186 Å². The lowest BCUT2D eigenvalue weighted by molar-refractivity contribution is -0.133. The lowest BCUT2D eigenvalue weighted by Gasteiger charge is -2.32. The number of hydrogen-bond donors (Lipinski definition) is 0. The number of benzene rings is 2. The number of amides is 1. The molecule has 0 spiro atoms. The first kappa shape index (κ1) is 20.3. The number of nitrogens with zero attached hydrogens (tertiary/aromatic N) is 3. The van der Waals surface area contributed by atoms with Crippen molar-refractivity contribution < 1.29 is 14.3 Å². The molecule has 0 saturated carbocycles. The van der Waals surface area contributed by atoms with E-state index < -0.39 is 0 Å². The van der Waals surface area contributed by atoms with Gasteiger partial charge in [0.05, 0.1) is 37.0 Å². The lowest BCUT2D eigenvalue weighted by Crippen LogP contribution is -2.42. The van der Waals surface area contributed by atoms with Crippen LogP contribution in [0.4, 0.5) is 0 Å². The maximum Gasteiger partial charge on any atom is 0.237 e. The number of fused-ring (bicyclic) bond motifs is 2. The van der Waals surface area contributed by atoms with Gasteiger partial charge in [0.1, 0.15) is 5.01 Å². The van der Waals surface area contributed by atoms with Crippen LogP contribution in [-0.2, 0) is 17.8 Å². The average molecular weight is 438 g/mol. The molecule has 1 atom stereocenters. The first-order valence-corrected chi connectivity index (χ1v) is 11.6. The Balaban J connectivity index is 1.30. The number of aromatic nitrogens is 1. The van der Waals surface area contributed by atoms with E-state index in [0.29, 0.717) is 18.8 Å². The highest BCUT2D eigenvalue weighted by molar-refractivity contribution is 7.18. The van der Waals surface area contributed by atoms with Crippen molar-refractivity contribution in [2.24, 2.45) is 0 Å². The van der Waals surface area contributed by atoms with Crippen LogP contribution in [0.2, 0.25) is 0 Å². The van der Waals surface area contributed by atoms with E-state index in [1.165, 1.54) is 10.3 Å². The van der Waals surface area contributed by atoms with E-state index in [2.05, 4.69) is 23.1 Å². The molecule has 1 aromatic heterocycles. The Morgan fingerprint density at radius 2 is 1.90 bits per heavy atom. The number of carbonyl (C=O) groups is 1. The Morgan fingerprint density at radius 3 is 2.68 bits per heavy atom. The third kappa shape index (κ3) is 3.88. The monoisotopic (exact) mass is 437 g/mol. The standard InChI is InChI=1S/C24H27N3O3S/c1-29-20-12-16-9-11-27(14-17(16)13-21(20)30-2)23(28)15-26-10-5-7-19(26)24-25-18-6-3-4-8-22(18)31-24/h3-4,6,8,12-13,19H,5,7,9-11,14-15H2,1-2H3/t19-/m0/s1. The zero-order valence-electron chi connectivity index (χ0n) is 18.0. The molecule has 6 nitrogen and oxygen atoms in total. The molecule has 0 radical (unpaired) electrons. The van der Waals surface area contributed by atoms with Gasteiger partial charge in [0.15, 0.2) is 11.5 Å². The van der Waals surface area contributed by atoms with Crippen LogP contribution in [0.15, 0.2) is 36.4 Å². The van der Waals surface area contributed by atoms with Gasteiger partial charge in [-0.2, -0.15) is 0 Å². The van der Waals surface area contributed by atoms with Gasteiger partial charge in [-0.15, -0.1) is 11.3 Å². The van der Waals surface area contributed by atoms with Crippen molar-refractivity contribution >= 4 is 27.5 Å². The zero-order chi connectivity index (χ0) is 21.4. The molecule has 3 heterocycles. The van der Waals surface area contributed by atoms with Crippen LogP contribution in [0.1, 0.15) is 35.0 Å². The first-order valence-electron chi connectivity index (χ1n) is 10.8. The largest absolute Gasteiger partial charge is 0.493 e. The molecular formula is C24H27N3O3S. The van der Waals surface area contributed by atoms with Crippen LogP contribution >= 0.6 is 11.3 Å². The highest BCUT2D eigenvalue weighted by atomic mass is 32.1. The molecule has 31 heavy (non-hydrogen) atoms. The zero-order valence-corrected chi connectivity index (χ0v) is 18.8. The van der Waals surface area contributed by atoms with Gasteiger partial charge in [-0.3, -0.25) is 9.69 Å². The number of carbonyl (C=O) groups excluding carboxylic acids is 1. The lowest BCUT2D eigenvalue weighted by atomic mass is 9.98. The van der Waals surface area contributed by atoms with E-state index in [0.717, 1.165) is 54.2 Å². The molecule has 1 amide bonds. The van der Waals surface area contributed by atoms with Crippen molar-refractivity contribution in [3.05, 3.63) is 52.5 Å². The molecule has 0 aliphatic carbocycles. The number of ether oxygens (including phenoxy) is 2. The normalized spacial score (nSPS) is 18.9. The summed E-state index contributed by atoms with van der Waals surface area (Å²) in [5, 5.41) is 1.13. The Hall–Kier alpha value is -2.64. The van der Waals surface area contributed by atoms with Gasteiger partial charge in [-0.05, 0) is 61.2 Å². The minimum Gasteiger partial charge on any atom is -0.493 e. The van der Waals surface area contributed by atoms with Crippen LogP contribution in [0.3, 0.4) is 0 Å². The predicted molar refractivity (Wildman–Crippen MR) is 122 cm³/mol. The Bertz CT molecular complexity index is 1080. The summed E-state index contributed by atoms with van der Waals surface area (Å²) >= 11 is 1.76. The quantitative estimate of drug-likeness (QED) is 0.603. The van der Waals surface area contributed by atoms with Gasteiger partial charge in [-0.1, -0.05) is 12.1 Å². The van der Waals surface area contributed by atoms with Gasteiger partial charge in [0.25, 0.3) is 0 Å². The van der Waals surface area contributed by atoms with E-state index in [-0.39, 0.29) is 11.9 Å². The van der Waals surface area contributed by atoms with Crippen molar-refractivity contribution in [3.8, 4) is 11.5 Å². The highest BCUT2D eigenvalue weighted by Gasteiger charge is 2.32. The van der Waals surface area contributed by atoms with Gasteiger partial charge >= 0.3 is 0 Å². The van der Waals surface area contributed by atoms with Crippen molar-refractivity contribution in [2.75, 3.05) is 33.9 Å². The fourth-order valence-electron chi connectivity index (χ4n) is 4.70. The second-order valence-corrected chi connectivity index (χ2v) is 9.25. The minimum absolute atomic E-state index is 0.188. The van der Waals surface area contributed by atoms with Gasteiger partial charge in [0, 0.05) is 13.1 Å². The molecule has 5 rings (SSSR count). The predicted octanol–water partition coefficient (Wildman–Crippen LogP) is 4.04. The summed E-state index contributed by atoms with van der Waals surface area (Å²) in [4.78, 5) is 22.3. The molecule has 1 fully saturated rings. The van der Waals surface area contributed by atoms with E-state index in [1.54, 1.807) is 25.6 Å². The van der Waals surface area contributed by atoms with Gasteiger partial charge in [0.2, 0.25) is 5.91 Å². The van der Waals surface area contributed by atoms with E-state index in [1.807, 2.05) is 23.1 Å². The molecule has 0 bridgehead atoms. The number of hydrogen-bond acceptors (Lipinski definition) is 6. The molecular weight excluding hydrogens is 410 g/mol. The fraction of sp³-hybridized carbons (Fsp3) is 0.417. The number of para-hydroxylation sites is 1. The topological polar surface area (TPSA) is 54.9 Å². The molecule has 2 aliphatic rings. The number of thiazole rings is 1. The molecule has 2 aromatic carbocycles. The van der Waals surface area contributed by atoms with E-state index in [9.17, 15) is 4.79 Å². The second-order valence-electron chi connectivity index (χ2n) is 8.19. The molecule has 162 valence electrons. The number of rotatable bonds is 5. The third-order valence-electron chi connectivity index (χ3n) is 6.37. The summed E-state index contributed by atoms with van der Waals surface area (Å²) in [7, 11) is 3.30. The smallest absolute Gasteiger partial charge is 0.237 e. The van der Waals surface area contributed by atoms with Crippen molar-refractivity contribution in [1.82, 2.24) is 14.8 Å². The van der Waals surface area contributed by atoms with E-state index in [4.69, 9.17) is 14.5 Å². The SMILES string of the molecule is COc1cc2c(cc1OC)CN(C(=O)CN1CCC[C@H]1c1nc3ccccc3s1)CC2. The van der Waals surface area contributed by atoms with Gasteiger partial charge in [-0.25, -0.2) is 4.98 Å². The fourth-order valence-corrected chi connectivity index (χ4v) is 5.83. The third-order valence-corrected chi connectivity index (χ3v) is 7.51. The number of likely N-dealkylation sites (tertiary alicyclic amines) is 1. The molecule has 0 unspecified atom stereocenters. The van der Waals surface area contributed by atoms with Crippen molar-refractivity contribution in [1.29, 1.82) is 0 Å². The molecule has 0 N–H and O–H groups in total. The van der Waals surface area contributed by atoms with Crippen LogP contribution in [0.25, 0.3) is 10.2 Å². The van der Waals surface area contributed by atoms with Crippen LogP contribution in [-0.4, -0.2) is 54.5 Å². The van der Waals surface area contributed by atoms with E-state index >= 15 is 0 Å². The van der Waals surface area contributed by atoms with Crippen molar-refractivity contribution in [2.45, 2.75) is 31.8 Å². The minimum atomic E-state index is 0.188. The second kappa shape index (κ2) is 8.48. The summed E-state index contributed by atoms with van der Waals surface area (Å²) in [5.41, 5.74) is 3.43. The van der Waals surface area contributed by atoms with Crippen LogP contribution in [0.5, 0.6) is 11.5 Å². The molecule has 2 aliphatic heterocycles. The van der Waals surface area contributed by atoms with Crippen LogP contribution in [0, 0.1) is 0 Å². The summed E-state index contributed by atoms with van der Waals surface area (Å²) in [6.45, 7) is 2.75. The molecule has 3 aromatic rings. The Morgan fingerprint density at radius 1 is 1.13 bits per heavy atom. The first-order chi connectivity index (χ1) is 15.2. The summed E-state index contributed by atoms with van der Waals surface area (Å²) in [6, 6.07) is 12.6. The van der Waals surface area contributed by atoms with Crippen LogP contribution < -0.4 is 9.47 Å². The summed E-state index contributed by atoms with van der Waals surface area (Å²) in [6.07, 6.45) is 3.00. The maximum absolute atomic E-state index is 13.2. The van der Waals surface area contributed by atoms with Gasteiger partial charge < -0.3 is 14.4 Å². The molecule has 7 heteroatoms. The highest BCUT2D eigenvalue weighted by Crippen LogP contribution is 2.37. The Kier molecular flexibility index (Phi) is 5.54. The molecule has 1 saturated heterocycles. The van der Waals surface area contributed by atoms with Crippen molar-refractivity contribution in [3.63, 3.8) is 0 Å². The summed E-state index contributed by atoms with van der Waals surface area (Å²) in [5.74, 6) is 1.65. The average Bonchev–Trinajstić information content (AvgIpc) is 3.44. The number of methoxy groups -OCH3 is 2.